The van der Waals surface area contributed by atoms with Crippen molar-refractivity contribution in [2.24, 2.45) is 0 Å². The number of aliphatic hydroxyl groups is 1. The predicted molar refractivity (Wildman–Crippen MR) is 64.7 cm³/mol. The standard InChI is InChI=1S/C12H13NO2S/c1-8(7-14)11-6-13-12(16-11)9-3-2-4-10(15)5-9/h2-6,8,14-15H,7H2,1H3. The van der Waals surface area contributed by atoms with E-state index in [-0.39, 0.29) is 18.3 Å². The Balaban J connectivity index is 2.31. The topological polar surface area (TPSA) is 53.4 Å². The van der Waals surface area contributed by atoms with E-state index in [0.717, 1.165) is 15.4 Å². The van der Waals surface area contributed by atoms with Crippen molar-refractivity contribution >= 4 is 11.3 Å². The molecule has 0 aliphatic carbocycles. The fourth-order valence-corrected chi connectivity index (χ4v) is 2.33. The molecular formula is C12H13NO2S. The summed E-state index contributed by atoms with van der Waals surface area (Å²) in [5.41, 5.74) is 0.904. The lowest BCUT2D eigenvalue weighted by Gasteiger charge is -2.01. The van der Waals surface area contributed by atoms with Crippen LogP contribution in [0, 0.1) is 0 Å². The molecule has 1 unspecified atom stereocenters. The second-order valence-electron chi connectivity index (χ2n) is 3.70. The molecule has 16 heavy (non-hydrogen) atoms. The molecule has 0 saturated heterocycles. The third-order valence-electron chi connectivity index (χ3n) is 2.38. The number of phenolic OH excluding ortho intramolecular Hbond substituents is 1. The quantitative estimate of drug-likeness (QED) is 0.859. The van der Waals surface area contributed by atoms with Crippen molar-refractivity contribution in [1.29, 1.82) is 0 Å². The van der Waals surface area contributed by atoms with Crippen molar-refractivity contribution in [3.63, 3.8) is 0 Å². The number of benzene rings is 1. The molecule has 0 spiro atoms. The molecule has 2 N–H and O–H groups in total. The predicted octanol–water partition coefficient (Wildman–Crippen LogP) is 2.61. The molecule has 0 amide bonds. The van der Waals surface area contributed by atoms with Gasteiger partial charge in [-0.15, -0.1) is 11.3 Å². The molecule has 84 valence electrons. The van der Waals surface area contributed by atoms with Gasteiger partial charge < -0.3 is 10.2 Å². The summed E-state index contributed by atoms with van der Waals surface area (Å²) >= 11 is 1.55. The van der Waals surface area contributed by atoms with Crippen LogP contribution in [0.2, 0.25) is 0 Å². The summed E-state index contributed by atoms with van der Waals surface area (Å²) in [6.45, 7) is 2.08. The lowest BCUT2D eigenvalue weighted by Crippen LogP contribution is -1.94. The van der Waals surface area contributed by atoms with Crippen molar-refractivity contribution < 1.29 is 10.2 Å². The Hall–Kier alpha value is -1.39. The van der Waals surface area contributed by atoms with E-state index in [1.807, 2.05) is 13.0 Å². The second kappa shape index (κ2) is 4.63. The van der Waals surface area contributed by atoms with Gasteiger partial charge in [0, 0.05) is 22.6 Å². The highest BCUT2D eigenvalue weighted by molar-refractivity contribution is 7.15. The number of hydrogen-bond donors (Lipinski definition) is 2. The van der Waals surface area contributed by atoms with E-state index in [4.69, 9.17) is 5.11 Å². The first-order valence-electron chi connectivity index (χ1n) is 5.06. The number of rotatable bonds is 3. The largest absolute Gasteiger partial charge is 0.508 e. The summed E-state index contributed by atoms with van der Waals surface area (Å²) in [6.07, 6.45) is 1.78. The van der Waals surface area contributed by atoms with E-state index in [1.54, 1.807) is 35.7 Å². The molecular weight excluding hydrogens is 222 g/mol. The summed E-state index contributed by atoms with van der Waals surface area (Å²) < 4.78 is 0. The zero-order chi connectivity index (χ0) is 11.5. The van der Waals surface area contributed by atoms with Crippen molar-refractivity contribution in [2.45, 2.75) is 12.8 Å². The monoisotopic (exact) mass is 235 g/mol. The molecule has 4 heteroatoms. The molecule has 1 atom stereocenters. The van der Waals surface area contributed by atoms with Crippen molar-refractivity contribution in [2.75, 3.05) is 6.61 Å². The number of aromatic hydroxyl groups is 1. The maximum Gasteiger partial charge on any atom is 0.123 e. The van der Waals surface area contributed by atoms with Gasteiger partial charge in [0.25, 0.3) is 0 Å². The molecule has 0 bridgehead atoms. The first-order valence-corrected chi connectivity index (χ1v) is 5.88. The molecule has 1 aromatic carbocycles. The first kappa shape index (κ1) is 11.1. The van der Waals surface area contributed by atoms with Crippen molar-refractivity contribution in [3.05, 3.63) is 35.3 Å². The normalized spacial score (nSPS) is 12.6. The molecule has 2 rings (SSSR count). The second-order valence-corrected chi connectivity index (χ2v) is 4.76. The van der Waals surface area contributed by atoms with E-state index < -0.39 is 0 Å². The summed E-state index contributed by atoms with van der Waals surface area (Å²) in [5.74, 6) is 0.355. The summed E-state index contributed by atoms with van der Waals surface area (Å²) in [5, 5.41) is 19.3. The lowest BCUT2D eigenvalue weighted by atomic mass is 10.2. The molecule has 3 nitrogen and oxygen atoms in total. The molecule has 1 heterocycles. The van der Waals surface area contributed by atoms with E-state index in [1.165, 1.54) is 0 Å². The van der Waals surface area contributed by atoms with Crippen LogP contribution in [0.4, 0.5) is 0 Å². The molecule has 0 radical (unpaired) electrons. The van der Waals surface area contributed by atoms with Gasteiger partial charge in [0.2, 0.25) is 0 Å². The number of hydrogen-bond acceptors (Lipinski definition) is 4. The molecule has 2 aromatic rings. The lowest BCUT2D eigenvalue weighted by molar-refractivity contribution is 0.274. The Labute approximate surface area is 98.0 Å². The number of aromatic nitrogens is 1. The van der Waals surface area contributed by atoms with Crippen LogP contribution in [0.5, 0.6) is 5.75 Å². The summed E-state index contributed by atoms with van der Waals surface area (Å²) in [6, 6.07) is 7.02. The number of thiazole rings is 1. The molecule has 0 saturated carbocycles. The van der Waals surface area contributed by atoms with Crippen molar-refractivity contribution in [1.82, 2.24) is 4.98 Å². The highest BCUT2D eigenvalue weighted by Gasteiger charge is 2.10. The van der Waals surface area contributed by atoms with Crippen LogP contribution >= 0.6 is 11.3 Å². The molecule has 0 aliphatic heterocycles. The van der Waals surface area contributed by atoms with Gasteiger partial charge in [-0.1, -0.05) is 19.1 Å². The van der Waals surface area contributed by atoms with Crippen LogP contribution < -0.4 is 0 Å². The van der Waals surface area contributed by atoms with Gasteiger partial charge in [0.15, 0.2) is 0 Å². The van der Waals surface area contributed by atoms with Gasteiger partial charge >= 0.3 is 0 Å². The third kappa shape index (κ3) is 2.23. The van der Waals surface area contributed by atoms with Crippen LogP contribution in [-0.4, -0.2) is 21.8 Å². The minimum atomic E-state index is 0.114. The Morgan fingerprint density at radius 2 is 2.25 bits per heavy atom. The van der Waals surface area contributed by atoms with Gasteiger partial charge in [-0.3, -0.25) is 0 Å². The zero-order valence-corrected chi connectivity index (χ0v) is 9.74. The van der Waals surface area contributed by atoms with Crippen molar-refractivity contribution in [3.8, 4) is 16.3 Å². The fraction of sp³-hybridized carbons (Fsp3) is 0.250. The van der Waals surface area contributed by atoms with Gasteiger partial charge in [-0.05, 0) is 12.1 Å². The summed E-state index contributed by atoms with van der Waals surface area (Å²) in [4.78, 5) is 5.35. The number of nitrogens with zero attached hydrogens (tertiary/aromatic N) is 1. The van der Waals surface area contributed by atoms with E-state index in [0.29, 0.717) is 0 Å². The maximum atomic E-state index is 9.37. The van der Waals surface area contributed by atoms with Crippen LogP contribution in [0.3, 0.4) is 0 Å². The Morgan fingerprint density at radius 1 is 1.44 bits per heavy atom. The Morgan fingerprint density at radius 3 is 2.94 bits per heavy atom. The van der Waals surface area contributed by atoms with Gasteiger partial charge in [-0.2, -0.15) is 0 Å². The average Bonchev–Trinajstić information content (AvgIpc) is 2.77. The van der Waals surface area contributed by atoms with Crippen LogP contribution in [0.15, 0.2) is 30.5 Å². The number of phenols is 1. The van der Waals surface area contributed by atoms with Crippen LogP contribution in [0.25, 0.3) is 10.6 Å². The van der Waals surface area contributed by atoms with Gasteiger partial charge in [-0.25, -0.2) is 4.98 Å². The van der Waals surface area contributed by atoms with E-state index in [2.05, 4.69) is 4.98 Å². The Bertz CT molecular complexity index is 481. The fourth-order valence-electron chi connectivity index (χ4n) is 1.38. The zero-order valence-electron chi connectivity index (χ0n) is 8.92. The highest BCUT2D eigenvalue weighted by Crippen LogP contribution is 2.30. The molecule has 0 fully saturated rings. The summed E-state index contributed by atoms with van der Waals surface area (Å²) in [7, 11) is 0. The smallest absolute Gasteiger partial charge is 0.123 e. The minimum Gasteiger partial charge on any atom is -0.508 e. The SMILES string of the molecule is CC(CO)c1cnc(-c2cccc(O)c2)s1. The van der Waals surface area contributed by atoms with E-state index >= 15 is 0 Å². The maximum absolute atomic E-state index is 9.37. The first-order chi connectivity index (χ1) is 7.70. The van der Waals surface area contributed by atoms with Gasteiger partial charge in [0.05, 0.1) is 6.61 Å². The highest BCUT2D eigenvalue weighted by atomic mass is 32.1. The molecule has 0 aliphatic rings. The minimum absolute atomic E-state index is 0.114. The third-order valence-corrected chi connectivity index (χ3v) is 3.65. The Kier molecular flexibility index (Phi) is 3.22. The van der Waals surface area contributed by atoms with Crippen LogP contribution in [0.1, 0.15) is 17.7 Å². The van der Waals surface area contributed by atoms with Gasteiger partial charge in [0.1, 0.15) is 10.8 Å². The molecule has 1 aromatic heterocycles. The average molecular weight is 235 g/mol. The number of aliphatic hydroxyl groups excluding tert-OH is 1. The van der Waals surface area contributed by atoms with E-state index in [9.17, 15) is 5.11 Å². The van der Waals surface area contributed by atoms with Crippen LogP contribution in [-0.2, 0) is 0 Å².